The van der Waals surface area contributed by atoms with Gasteiger partial charge in [0.15, 0.2) is 0 Å². The average molecular weight is 498 g/mol. The van der Waals surface area contributed by atoms with Gasteiger partial charge in [-0.15, -0.1) is 0 Å². The van der Waals surface area contributed by atoms with Crippen molar-refractivity contribution in [3.8, 4) is 0 Å². The predicted octanol–water partition coefficient (Wildman–Crippen LogP) is 5.78. The van der Waals surface area contributed by atoms with E-state index in [2.05, 4.69) is 5.32 Å². The number of hydrogen-bond acceptors (Lipinski definition) is 3. The molecule has 0 saturated heterocycles. The quantitative estimate of drug-likeness (QED) is 0.449. The van der Waals surface area contributed by atoms with Crippen LogP contribution in [0.5, 0.6) is 0 Å². The van der Waals surface area contributed by atoms with Gasteiger partial charge in [-0.1, -0.05) is 71.2 Å². The number of nitrogens with one attached hydrogen (secondary N) is 1. The van der Waals surface area contributed by atoms with Crippen LogP contribution in [-0.2, 0) is 21.4 Å². The number of hydrogen-bond donors (Lipinski definition) is 1. The lowest BCUT2D eigenvalue weighted by Crippen LogP contribution is -2.37. The highest BCUT2D eigenvalue weighted by Gasteiger charge is 2.29. The molecule has 0 atom stereocenters. The second-order valence-corrected chi connectivity index (χ2v) is 10.0. The van der Waals surface area contributed by atoms with E-state index in [-0.39, 0.29) is 21.5 Å². The third-order valence-corrected chi connectivity index (χ3v) is 7.25. The Bertz CT molecular complexity index is 1200. The fraction of sp³-hybridized carbons (Fsp3) is 0.136. The fourth-order valence-electron chi connectivity index (χ4n) is 2.91. The van der Waals surface area contributed by atoms with Crippen LogP contribution in [0.3, 0.4) is 0 Å². The topological polar surface area (TPSA) is 66.5 Å². The van der Waals surface area contributed by atoms with E-state index in [0.29, 0.717) is 10.7 Å². The highest BCUT2D eigenvalue weighted by atomic mass is 35.5. The van der Waals surface area contributed by atoms with Gasteiger partial charge in [0.05, 0.1) is 11.6 Å². The number of aryl methyl sites for hydroxylation is 1. The van der Waals surface area contributed by atoms with E-state index < -0.39 is 22.5 Å². The number of carbonyl (C=O) groups excluding carboxylic acids is 1. The van der Waals surface area contributed by atoms with E-state index >= 15 is 0 Å². The van der Waals surface area contributed by atoms with Gasteiger partial charge in [0.25, 0.3) is 0 Å². The Balaban J connectivity index is 1.93. The van der Waals surface area contributed by atoms with Crippen molar-refractivity contribution in [1.29, 1.82) is 0 Å². The van der Waals surface area contributed by atoms with Crippen molar-refractivity contribution in [3.63, 3.8) is 0 Å². The first kappa shape index (κ1) is 23.6. The lowest BCUT2D eigenvalue weighted by molar-refractivity contribution is -0.116. The molecular weight excluding hydrogens is 479 g/mol. The SMILES string of the molecule is Cc1ccc(Cl)cc1NC(=O)CN(Cc1ccccc1)S(=O)(=O)c1cc(Cl)ccc1Cl. The van der Waals surface area contributed by atoms with Crippen molar-refractivity contribution < 1.29 is 13.2 Å². The van der Waals surface area contributed by atoms with Crippen molar-refractivity contribution in [1.82, 2.24) is 4.31 Å². The summed E-state index contributed by atoms with van der Waals surface area (Å²) in [6.07, 6.45) is 0. The maximum Gasteiger partial charge on any atom is 0.245 e. The number of nitrogens with zero attached hydrogens (tertiary/aromatic N) is 1. The zero-order valence-corrected chi connectivity index (χ0v) is 19.6. The van der Waals surface area contributed by atoms with Crippen molar-refractivity contribution in [2.24, 2.45) is 0 Å². The van der Waals surface area contributed by atoms with Gasteiger partial charge in [-0.3, -0.25) is 4.79 Å². The largest absolute Gasteiger partial charge is 0.325 e. The molecular formula is C22H19Cl3N2O3S. The number of sulfonamides is 1. The Kier molecular flexibility index (Phi) is 7.62. The minimum atomic E-state index is -4.13. The molecule has 0 fully saturated rings. The van der Waals surface area contributed by atoms with E-state index in [9.17, 15) is 13.2 Å². The molecule has 0 spiro atoms. The van der Waals surface area contributed by atoms with Crippen LogP contribution >= 0.6 is 34.8 Å². The third-order valence-electron chi connectivity index (χ3n) is 4.51. The number of carbonyl (C=O) groups is 1. The summed E-state index contributed by atoms with van der Waals surface area (Å²) >= 11 is 18.2. The summed E-state index contributed by atoms with van der Waals surface area (Å²) in [5.74, 6) is -0.511. The number of benzene rings is 3. The van der Waals surface area contributed by atoms with E-state index in [1.807, 2.05) is 13.0 Å². The first-order chi connectivity index (χ1) is 14.7. The maximum absolute atomic E-state index is 13.4. The molecule has 1 N–H and O–H groups in total. The van der Waals surface area contributed by atoms with Gasteiger partial charge in [-0.25, -0.2) is 8.42 Å². The Labute approximate surface area is 196 Å². The molecule has 0 radical (unpaired) electrons. The smallest absolute Gasteiger partial charge is 0.245 e. The van der Waals surface area contributed by atoms with Gasteiger partial charge < -0.3 is 5.32 Å². The minimum absolute atomic E-state index is 0.0199. The Morgan fingerprint density at radius 3 is 2.29 bits per heavy atom. The Morgan fingerprint density at radius 2 is 1.58 bits per heavy atom. The summed E-state index contributed by atoms with van der Waals surface area (Å²) in [6, 6.07) is 18.2. The van der Waals surface area contributed by atoms with Gasteiger partial charge in [-0.2, -0.15) is 4.31 Å². The molecule has 0 aliphatic rings. The van der Waals surface area contributed by atoms with Crippen LogP contribution in [0, 0.1) is 6.92 Å². The molecule has 0 saturated carbocycles. The molecule has 5 nitrogen and oxygen atoms in total. The molecule has 1 amide bonds. The highest BCUT2D eigenvalue weighted by molar-refractivity contribution is 7.89. The molecule has 0 aliphatic carbocycles. The predicted molar refractivity (Wildman–Crippen MR) is 125 cm³/mol. The lowest BCUT2D eigenvalue weighted by atomic mass is 10.2. The van der Waals surface area contributed by atoms with Gasteiger partial charge in [-0.05, 0) is 48.4 Å². The van der Waals surface area contributed by atoms with Gasteiger partial charge >= 0.3 is 0 Å². The second-order valence-electron chi connectivity index (χ2n) is 6.84. The first-order valence-electron chi connectivity index (χ1n) is 9.22. The maximum atomic E-state index is 13.4. The van der Waals surface area contributed by atoms with E-state index in [4.69, 9.17) is 34.8 Å². The van der Waals surface area contributed by atoms with E-state index in [1.165, 1.54) is 18.2 Å². The van der Waals surface area contributed by atoms with Gasteiger partial charge in [0.1, 0.15) is 4.90 Å². The lowest BCUT2D eigenvalue weighted by Gasteiger charge is -2.23. The number of halogens is 3. The Morgan fingerprint density at radius 1 is 0.935 bits per heavy atom. The van der Waals surface area contributed by atoms with Gasteiger partial charge in [0.2, 0.25) is 15.9 Å². The minimum Gasteiger partial charge on any atom is -0.325 e. The first-order valence-corrected chi connectivity index (χ1v) is 11.8. The number of anilines is 1. The van der Waals surface area contributed by atoms with Crippen molar-refractivity contribution in [2.45, 2.75) is 18.4 Å². The molecule has 0 aromatic heterocycles. The fourth-order valence-corrected chi connectivity index (χ4v) is 5.20. The average Bonchev–Trinajstić information content (AvgIpc) is 2.72. The van der Waals surface area contributed by atoms with Crippen LogP contribution in [0.4, 0.5) is 5.69 Å². The number of amides is 1. The van der Waals surface area contributed by atoms with Crippen molar-refractivity contribution in [3.05, 3.63) is 92.9 Å². The van der Waals surface area contributed by atoms with Crippen LogP contribution in [-0.4, -0.2) is 25.2 Å². The van der Waals surface area contributed by atoms with Crippen molar-refractivity contribution in [2.75, 3.05) is 11.9 Å². The summed E-state index contributed by atoms with van der Waals surface area (Å²) in [4.78, 5) is 12.6. The highest BCUT2D eigenvalue weighted by Crippen LogP contribution is 2.29. The summed E-state index contributed by atoms with van der Waals surface area (Å²) in [5.41, 5.74) is 2.03. The van der Waals surface area contributed by atoms with Crippen LogP contribution in [0.25, 0.3) is 0 Å². The molecule has 9 heteroatoms. The Hall–Kier alpha value is -2.09. The van der Waals surface area contributed by atoms with Crippen LogP contribution in [0.2, 0.25) is 15.1 Å². The molecule has 3 aromatic rings. The van der Waals surface area contributed by atoms with Crippen LogP contribution < -0.4 is 5.32 Å². The standard InChI is InChI=1S/C22H19Cl3N2O3S/c1-15-7-8-17(23)11-20(15)26-22(28)14-27(13-16-5-3-2-4-6-16)31(29,30)21-12-18(24)9-10-19(21)25/h2-12H,13-14H2,1H3,(H,26,28). The van der Waals surface area contributed by atoms with Crippen LogP contribution in [0.15, 0.2) is 71.6 Å². The monoisotopic (exact) mass is 496 g/mol. The number of rotatable bonds is 7. The zero-order valence-electron chi connectivity index (χ0n) is 16.5. The molecule has 31 heavy (non-hydrogen) atoms. The molecule has 3 aromatic carbocycles. The second kappa shape index (κ2) is 10.0. The molecule has 0 heterocycles. The summed E-state index contributed by atoms with van der Waals surface area (Å²) < 4.78 is 27.9. The van der Waals surface area contributed by atoms with Gasteiger partial charge in [0, 0.05) is 22.3 Å². The molecule has 0 bridgehead atoms. The van der Waals surface area contributed by atoms with Crippen LogP contribution in [0.1, 0.15) is 11.1 Å². The summed E-state index contributed by atoms with van der Waals surface area (Å²) in [5, 5.41) is 3.43. The normalized spacial score (nSPS) is 11.5. The molecule has 3 rings (SSSR count). The van der Waals surface area contributed by atoms with E-state index in [1.54, 1.807) is 42.5 Å². The van der Waals surface area contributed by atoms with Crippen molar-refractivity contribution >= 4 is 56.4 Å². The molecule has 0 unspecified atom stereocenters. The zero-order chi connectivity index (χ0) is 22.6. The third kappa shape index (κ3) is 5.99. The summed E-state index contributed by atoms with van der Waals surface area (Å²) in [7, 11) is -4.13. The molecule has 0 aliphatic heterocycles. The van der Waals surface area contributed by atoms with E-state index in [0.717, 1.165) is 15.4 Å². The summed E-state index contributed by atoms with van der Waals surface area (Å²) in [6.45, 7) is 1.37. The molecule has 162 valence electrons.